The summed E-state index contributed by atoms with van der Waals surface area (Å²) in [5.41, 5.74) is 1.92. The van der Waals surface area contributed by atoms with Crippen LogP contribution in [0.4, 0.5) is 0 Å². The van der Waals surface area contributed by atoms with E-state index in [1.54, 1.807) is 0 Å². The van der Waals surface area contributed by atoms with Gasteiger partial charge in [-0.25, -0.2) is 0 Å². The fourth-order valence-corrected chi connectivity index (χ4v) is 7.85. The molecule has 160 valence electrons. The van der Waals surface area contributed by atoms with Gasteiger partial charge in [-0.15, -0.1) is 4.91 Å². The highest BCUT2D eigenvalue weighted by atomic mass is 16.3. The first-order valence-corrected chi connectivity index (χ1v) is 12.2. The number of hydrogen-bond donors (Lipinski definition) is 0. The van der Waals surface area contributed by atoms with Gasteiger partial charge in [0.1, 0.15) is 6.04 Å². The number of nitrogens with zero attached hydrogens (tertiary/aromatic N) is 1. The Morgan fingerprint density at radius 3 is 2.59 bits per heavy atom. The molecule has 8 atom stereocenters. The Kier molecular flexibility index (Phi) is 5.68. The van der Waals surface area contributed by atoms with Crippen LogP contribution < -0.4 is 0 Å². The Hall–Kier alpha value is -1.18. The van der Waals surface area contributed by atoms with Crippen molar-refractivity contribution in [1.82, 2.24) is 0 Å². The molecule has 0 aromatic rings. The first kappa shape index (κ1) is 21.1. The van der Waals surface area contributed by atoms with E-state index < -0.39 is 0 Å². The monoisotopic (exact) mass is 395 g/mol. The van der Waals surface area contributed by atoms with E-state index >= 15 is 0 Å². The van der Waals surface area contributed by atoms with Gasteiger partial charge < -0.3 is 0 Å². The summed E-state index contributed by atoms with van der Waals surface area (Å²) in [6.07, 6.45) is 21.0. The summed E-state index contributed by atoms with van der Waals surface area (Å²) in [4.78, 5) is 11.1. The van der Waals surface area contributed by atoms with Crippen molar-refractivity contribution in [2.75, 3.05) is 0 Å². The molecule has 0 aromatic carbocycles. The van der Waals surface area contributed by atoms with Crippen LogP contribution in [0.5, 0.6) is 0 Å². The fourth-order valence-electron chi connectivity index (χ4n) is 7.85. The maximum Gasteiger partial charge on any atom is 0.129 e. The molecule has 2 nitrogen and oxygen atoms in total. The molecule has 29 heavy (non-hydrogen) atoms. The molecule has 0 heterocycles. The predicted molar refractivity (Wildman–Crippen MR) is 122 cm³/mol. The Bertz CT molecular complexity index is 718. The lowest BCUT2D eigenvalue weighted by atomic mass is 9.49. The van der Waals surface area contributed by atoms with Crippen LogP contribution in [-0.4, -0.2) is 6.04 Å². The Morgan fingerprint density at radius 1 is 1.07 bits per heavy atom. The number of rotatable bonds is 6. The molecule has 0 amide bonds. The number of nitroso groups, excluding NO2 is 1. The van der Waals surface area contributed by atoms with Crippen LogP contribution in [0, 0.1) is 51.2 Å². The second-order valence-electron chi connectivity index (χ2n) is 11.5. The van der Waals surface area contributed by atoms with Gasteiger partial charge in [-0.1, -0.05) is 83.4 Å². The number of hydrogen-bond acceptors (Lipinski definition) is 2. The van der Waals surface area contributed by atoms with Gasteiger partial charge in [0, 0.05) is 5.41 Å². The van der Waals surface area contributed by atoms with Crippen LogP contribution in [-0.2, 0) is 0 Å². The van der Waals surface area contributed by atoms with Crippen molar-refractivity contribution in [2.24, 2.45) is 51.5 Å². The molecule has 2 heteroatoms. The molecule has 4 aliphatic rings. The van der Waals surface area contributed by atoms with Gasteiger partial charge in [-0.2, -0.15) is 0 Å². The molecule has 2 fully saturated rings. The third-order valence-electron chi connectivity index (χ3n) is 9.54. The molecule has 1 unspecified atom stereocenters. The van der Waals surface area contributed by atoms with E-state index in [1.807, 2.05) is 6.08 Å². The summed E-state index contributed by atoms with van der Waals surface area (Å²) in [5, 5.41) is 3.26. The highest BCUT2D eigenvalue weighted by molar-refractivity contribution is 5.42. The van der Waals surface area contributed by atoms with E-state index in [0.717, 1.165) is 23.7 Å². The average Bonchev–Trinajstić information content (AvgIpc) is 3.04. The lowest BCUT2D eigenvalue weighted by Crippen LogP contribution is -2.48. The highest BCUT2D eigenvalue weighted by Crippen LogP contribution is 2.65. The second-order valence-corrected chi connectivity index (χ2v) is 11.5. The van der Waals surface area contributed by atoms with E-state index in [1.165, 1.54) is 50.5 Å². The summed E-state index contributed by atoms with van der Waals surface area (Å²) in [6, 6.07) is -0.282. The Balaban J connectivity index is 1.53. The summed E-state index contributed by atoms with van der Waals surface area (Å²) in [7, 11) is 0. The van der Waals surface area contributed by atoms with Crippen LogP contribution in [0.1, 0.15) is 79.6 Å². The molecular weight excluding hydrogens is 354 g/mol. The average molecular weight is 396 g/mol. The Labute approximate surface area is 178 Å². The zero-order chi connectivity index (χ0) is 20.8. The SMILES string of the molecule is CC(C)CCC[C@@H](C)[C@H]1CC[C@H]2[C@@H]3C=CC4=CC(N=O)C=C[C@]4(C)[C@H]3CC[C@]12C. The molecule has 0 radical (unpaired) electrons. The van der Waals surface area contributed by atoms with Gasteiger partial charge in [-0.05, 0) is 78.3 Å². The molecule has 0 spiro atoms. The van der Waals surface area contributed by atoms with Crippen LogP contribution in [0.15, 0.2) is 41.1 Å². The van der Waals surface area contributed by atoms with Crippen molar-refractivity contribution in [3.8, 4) is 0 Å². The van der Waals surface area contributed by atoms with Gasteiger partial charge >= 0.3 is 0 Å². The lowest BCUT2D eigenvalue weighted by molar-refractivity contribution is -0.0124. The highest BCUT2D eigenvalue weighted by Gasteiger charge is 2.58. The fraction of sp³-hybridized carbons (Fsp3) is 0.778. The van der Waals surface area contributed by atoms with Crippen molar-refractivity contribution in [2.45, 2.75) is 85.6 Å². The van der Waals surface area contributed by atoms with Crippen molar-refractivity contribution in [3.63, 3.8) is 0 Å². The second kappa shape index (κ2) is 7.82. The summed E-state index contributed by atoms with van der Waals surface area (Å²) in [5.74, 6) is 4.77. The smallest absolute Gasteiger partial charge is 0.129 e. The number of allylic oxidation sites excluding steroid dienone is 4. The standard InChI is InChI=1S/C27H41NO/c1-18(2)7-6-8-19(3)23-11-12-24-22-10-9-20-17-21(28-29)13-15-26(20,4)25(22)14-16-27(23,24)5/h9-10,13,15,17-19,21-25H,6-8,11-12,14,16H2,1-5H3/t19-,21?,22+,23-,24+,25+,26+,27-/m1/s1. The van der Waals surface area contributed by atoms with E-state index in [4.69, 9.17) is 0 Å². The zero-order valence-corrected chi connectivity index (χ0v) is 19.2. The molecule has 2 saturated carbocycles. The van der Waals surface area contributed by atoms with Crippen molar-refractivity contribution in [1.29, 1.82) is 0 Å². The van der Waals surface area contributed by atoms with E-state index in [9.17, 15) is 4.91 Å². The van der Waals surface area contributed by atoms with Crippen LogP contribution in [0.25, 0.3) is 0 Å². The maximum absolute atomic E-state index is 11.1. The minimum Gasteiger partial charge on any atom is -0.150 e. The van der Waals surface area contributed by atoms with Crippen LogP contribution in [0.3, 0.4) is 0 Å². The molecule has 0 bridgehead atoms. The number of fused-ring (bicyclic) bond motifs is 5. The molecule has 0 N–H and O–H groups in total. The minimum absolute atomic E-state index is 0.0862. The first-order valence-electron chi connectivity index (χ1n) is 12.2. The lowest BCUT2D eigenvalue weighted by Gasteiger charge is -2.55. The quantitative estimate of drug-likeness (QED) is 0.334. The first-order chi connectivity index (χ1) is 13.8. The molecule has 0 aliphatic heterocycles. The van der Waals surface area contributed by atoms with E-state index in [2.05, 4.69) is 64.1 Å². The normalized spacial score (nSPS) is 44.1. The summed E-state index contributed by atoms with van der Waals surface area (Å²) in [6.45, 7) is 12.3. The van der Waals surface area contributed by atoms with E-state index in [0.29, 0.717) is 17.3 Å². The summed E-state index contributed by atoms with van der Waals surface area (Å²) < 4.78 is 0. The third-order valence-corrected chi connectivity index (χ3v) is 9.54. The maximum atomic E-state index is 11.1. The molecule has 4 aliphatic carbocycles. The van der Waals surface area contributed by atoms with Gasteiger partial charge in [0.15, 0.2) is 0 Å². The minimum atomic E-state index is -0.282. The van der Waals surface area contributed by atoms with E-state index in [-0.39, 0.29) is 11.5 Å². The molecule has 0 aromatic heterocycles. The van der Waals surface area contributed by atoms with Crippen LogP contribution in [0.2, 0.25) is 0 Å². The largest absolute Gasteiger partial charge is 0.150 e. The Morgan fingerprint density at radius 2 is 1.86 bits per heavy atom. The van der Waals surface area contributed by atoms with Gasteiger partial charge in [-0.3, -0.25) is 0 Å². The van der Waals surface area contributed by atoms with Crippen molar-refractivity contribution in [3.05, 3.63) is 40.9 Å². The zero-order valence-electron chi connectivity index (χ0n) is 19.2. The van der Waals surface area contributed by atoms with Crippen LogP contribution >= 0.6 is 0 Å². The van der Waals surface area contributed by atoms with Gasteiger partial charge in [0.25, 0.3) is 0 Å². The van der Waals surface area contributed by atoms with Crippen molar-refractivity contribution < 1.29 is 0 Å². The molecule has 4 rings (SSSR count). The van der Waals surface area contributed by atoms with Gasteiger partial charge in [0.05, 0.1) is 0 Å². The van der Waals surface area contributed by atoms with Crippen molar-refractivity contribution >= 4 is 0 Å². The third kappa shape index (κ3) is 3.49. The topological polar surface area (TPSA) is 29.4 Å². The van der Waals surface area contributed by atoms with Gasteiger partial charge in [0.2, 0.25) is 0 Å². The molecule has 0 saturated heterocycles. The summed E-state index contributed by atoms with van der Waals surface area (Å²) >= 11 is 0. The molecular formula is C27H41NO. The predicted octanol–water partition coefficient (Wildman–Crippen LogP) is 7.71.